The molecule has 4 fully saturated rings. The van der Waals surface area contributed by atoms with Crippen molar-refractivity contribution in [2.75, 3.05) is 0 Å². The van der Waals surface area contributed by atoms with Crippen molar-refractivity contribution in [3.8, 4) is 11.5 Å². The van der Waals surface area contributed by atoms with E-state index in [-0.39, 0.29) is 45.1 Å². The zero-order valence-corrected chi connectivity index (χ0v) is 40.3. The van der Waals surface area contributed by atoms with E-state index >= 15 is 0 Å². The van der Waals surface area contributed by atoms with E-state index in [1.807, 2.05) is 24.3 Å². The Balaban J connectivity index is 0.966. The summed E-state index contributed by atoms with van der Waals surface area (Å²) in [7, 11) is 0. The van der Waals surface area contributed by atoms with Crippen LogP contribution in [0.5, 0.6) is 11.5 Å². The molecule has 4 aromatic rings. The molecule has 0 amide bonds. The van der Waals surface area contributed by atoms with Crippen LogP contribution in [-0.4, -0.2) is 36.3 Å². The fraction of sp³-hybridized carbons (Fsp3) is 0.483. The highest BCUT2D eigenvalue weighted by Gasteiger charge is 2.62. The van der Waals surface area contributed by atoms with Crippen molar-refractivity contribution in [1.29, 1.82) is 0 Å². The molecule has 0 saturated heterocycles. The number of hydrogen-bond acceptors (Lipinski definition) is 10. The summed E-state index contributed by atoms with van der Waals surface area (Å²) in [6.45, 7) is 14.3. The van der Waals surface area contributed by atoms with Gasteiger partial charge < -0.3 is 18.9 Å². The Morgan fingerprint density at radius 1 is 0.676 bits per heavy atom. The predicted octanol–water partition coefficient (Wildman–Crippen LogP) is 12.5. The first kappa shape index (κ1) is 47.2. The molecule has 0 radical (unpaired) electrons. The van der Waals surface area contributed by atoms with Crippen LogP contribution in [0.15, 0.2) is 84.9 Å². The van der Waals surface area contributed by atoms with Crippen molar-refractivity contribution in [2.45, 2.75) is 124 Å². The molecule has 0 N–H and O–H groups in total. The lowest BCUT2D eigenvalue weighted by Crippen LogP contribution is -2.55. The van der Waals surface area contributed by atoms with Crippen LogP contribution in [0.25, 0.3) is 0 Å². The second-order valence-corrected chi connectivity index (χ2v) is 21.8. The first-order valence-electron chi connectivity index (χ1n) is 24.9. The molecule has 4 saturated carbocycles. The molecule has 10 nitrogen and oxygen atoms in total. The molecule has 0 aromatic heterocycles. The minimum Gasteiger partial charge on any atom is -0.423 e. The van der Waals surface area contributed by atoms with Crippen LogP contribution >= 0.6 is 0 Å². The number of esters is 5. The van der Waals surface area contributed by atoms with Gasteiger partial charge in [0.1, 0.15) is 11.5 Å². The van der Waals surface area contributed by atoms with Crippen LogP contribution in [0.3, 0.4) is 0 Å². The highest BCUT2D eigenvalue weighted by molar-refractivity contribution is 6.15. The van der Waals surface area contributed by atoms with Gasteiger partial charge in [0.2, 0.25) is 0 Å². The summed E-state index contributed by atoms with van der Waals surface area (Å²) in [5.74, 6) is 2.31. The fourth-order valence-electron chi connectivity index (χ4n) is 14.3. The minimum atomic E-state index is -0.792. The van der Waals surface area contributed by atoms with E-state index in [2.05, 4.69) is 63.6 Å². The van der Waals surface area contributed by atoms with Gasteiger partial charge in [-0.2, -0.15) is 0 Å². The lowest BCUT2D eigenvalue weighted by Gasteiger charge is -2.63. The maximum absolute atomic E-state index is 13.4. The smallest absolute Gasteiger partial charge is 0.346 e. The monoisotopic (exact) mass is 920 g/mol. The van der Waals surface area contributed by atoms with Crippen LogP contribution in [0, 0.1) is 59.2 Å². The summed E-state index contributed by atoms with van der Waals surface area (Å²) < 4.78 is 20.9. The van der Waals surface area contributed by atoms with Gasteiger partial charge in [0, 0.05) is 5.41 Å². The van der Waals surface area contributed by atoms with Gasteiger partial charge in [0.25, 0.3) is 0 Å². The summed E-state index contributed by atoms with van der Waals surface area (Å²) >= 11 is 0. The molecule has 9 rings (SSSR count). The van der Waals surface area contributed by atoms with Gasteiger partial charge in [-0.25, -0.2) is 24.0 Å². The quantitative estimate of drug-likeness (QED) is 0.0551. The normalized spacial score (nSPS) is 28.6. The van der Waals surface area contributed by atoms with Crippen molar-refractivity contribution in [3.63, 3.8) is 0 Å². The second kappa shape index (κ2) is 18.5. The summed E-state index contributed by atoms with van der Waals surface area (Å²) in [5, 5.41) is 0. The van der Waals surface area contributed by atoms with Crippen LogP contribution < -0.4 is 9.47 Å². The second-order valence-electron chi connectivity index (χ2n) is 21.8. The Morgan fingerprint density at radius 2 is 1.29 bits per heavy atom. The average Bonchev–Trinajstić information content (AvgIpc) is 3.83. The van der Waals surface area contributed by atoms with Gasteiger partial charge in [-0.1, -0.05) is 78.1 Å². The highest BCUT2D eigenvalue weighted by atomic mass is 16.6. The first-order chi connectivity index (χ1) is 32.5. The van der Waals surface area contributed by atoms with Crippen LogP contribution in [0.4, 0.5) is 0 Å². The van der Waals surface area contributed by atoms with E-state index < -0.39 is 29.8 Å². The Labute approximate surface area is 399 Å². The van der Waals surface area contributed by atoms with Crippen LogP contribution in [-0.2, 0) is 19.7 Å². The maximum atomic E-state index is 13.4. The summed E-state index contributed by atoms with van der Waals surface area (Å²) in [6.07, 6.45) is 14.8. The van der Waals surface area contributed by atoms with Crippen molar-refractivity contribution in [1.82, 2.24) is 0 Å². The molecule has 9 atom stereocenters. The zero-order valence-electron chi connectivity index (χ0n) is 40.3. The van der Waals surface area contributed by atoms with Gasteiger partial charge in [-0.05, 0) is 194 Å². The molecule has 10 heteroatoms. The number of cyclic esters (lactones) is 2. The Kier molecular flexibility index (Phi) is 12.9. The largest absolute Gasteiger partial charge is 0.423 e. The average molecular weight is 921 g/mol. The van der Waals surface area contributed by atoms with Gasteiger partial charge in [0.05, 0.1) is 27.8 Å². The molecule has 5 aliphatic rings. The molecule has 356 valence electrons. The Morgan fingerprint density at radius 3 is 1.93 bits per heavy atom. The van der Waals surface area contributed by atoms with Gasteiger partial charge >= 0.3 is 36.3 Å². The summed E-state index contributed by atoms with van der Waals surface area (Å²) in [4.78, 5) is 73.8. The number of fused-ring (bicyclic) bond motifs is 6. The minimum absolute atomic E-state index is 0.0436. The molecule has 1 heterocycles. The number of carbonyl (C=O) groups excluding carboxylic acids is 6. The SMILES string of the molecule is Cc1cc(C(=O)Oc2ccc(C3(c4ccc(OC(=O)c5ccc6c(c5)C(=O)OC6=O)cc4)CCC4(C)C(CCC5C4CCC4(C)C(C(C)CCCC(C)C)CCC54)C3)cc2)ccc1C(=O)OC=O. The van der Waals surface area contributed by atoms with Crippen molar-refractivity contribution >= 4 is 36.3 Å². The van der Waals surface area contributed by atoms with E-state index in [0.717, 1.165) is 60.0 Å². The van der Waals surface area contributed by atoms with Crippen molar-refractivity contribution in [2.24, 2.45) is 52.3 Å². The van der Waals surface area contributed by atoms with Crippen LogP contribution in [0.1, 0.15) is 180 Å². The van der Waals surface area contributed by atoms with Crippen molar-refractivity contribution < 1.29 is 47.7 Å². The van der Waals surface area contributed by atoms with Gasteiger partial charge in [0.15, 0.2) is 0 Å². The molecule has 4 aliphatic carbocycles. The van der Waals surface area contributed by atoms with Gasteiger partial charge in [-0.15, -0.1) is 0 Å². The molecular formula is C58H64O10. The molecule has 0 bridgehead atoms. The number of aryl methyl sites for hydroxylation is 1. The van der Waals surface area contributed by atoms with E-state index in [9.17, 15) is 28.8 Å². The summed E-state index contributed by atoms with van der Waals surface area (Å²) in [5.41, 5.74) is 3.74. The molecule has 0 spiro atoms. The standard InChI is InChI=1S/C58H64O10/c1-34(2)8-7-9-35(3)48-24-25-49-46-23-16-41-32-58(29-28-56(41,5)50(46)26-27-57(48,49)6,39-12-17-42(18-13-39)66-51(60)37-10-21-44(36(4)30-37)53(62)65-33-59)40-14-19-43(20-15-40)67-52(61)38-11-22-45-47(31-38)55(64)68-54(45)63/h10-15,17-22,30-31,33-35,41,46,48-50H,7-9,16,23-29,32H2,1-6H3. The lowest BCUT2D eigenvalue weighted by molar-refractivity contribution is -0.123. The first-order valence-corrected chi connectivity index (χ1v) is 24.9. The molecular weight excluding hydrogens is 857 g/mol. The highest BCUT2D eigenvalue weighted by Crippen LogP contribution is 2.70. The number of benzene rings is 4. The third kappa shape index (κ3) is 8.51. The topological polar surface area (TPSA) is 139 Å². The third-order valence-corrected chi connectivity index (χ3v) is 17.9. The molecule has 4 aromatic carbocycles. The Bertz CT molecular complexity index is 2630. The number of ether oxygens (including phenoxy) is 4. The molecule has 9 unspecified atom stereocenters. The fourth-order valence-corrected chi connectivity index (χ4v) is 14.3. The Hall–Kier alpha value is -5.90. The molecule has 1 aliphatic heterocycles. The van der Waals surface area contributed by atoms with E-state index in [1.165, 1.54) is 88.1 Å². The van der Waals surface area contributed by atoms with E-state index in [1.54, 1.807) is 13.0 Å². The number of rotatable bonds is 13. The predicted molar refractivity (Wildman–Crippen MR) is 255 cm³/mol. The van der Waals surface area contributed by atoms with Gasteiger partial charge in [-0.3, -0.25) is 4.79 Å². The third-order valence-electron chi connectivity index (χ3n) is 17.9. The number of carbonyl (C=O) groups is 6. The number of hydrogen-bond donors (Lipinski definition) is 0. The van der Waals surface area contributed by atoms with E-state index in [4.69, 9.17) is 14.2 Å². The van der Waals surface area contributed by atoms with Crippen LogP contribution in [0.2, 0.25) is 0 Å². The summed E-state index contributed by atoms with van der Waals surface area (Å²) in [6, 6.07) is 24.3. The zero-order chi connectivity index (χ0) is 48.1. The lowest BCUT2D eigenvalue weighted by atomic mass is 9.42. The van der Waals surface area contributed by atoms with E-state index in [0.29, 0.717) is 34.3 Å². The van der Waals surface area contributed by atoms with Crippen molar-refractivity contribution in [3.05, 3.63) is 129 Å². The maximum Gasteiger partial charge on any atom is 0.346 e. The molecule has 68 heavy (non-hydrogen) atoms.